The minimum absolute atomic E-state index is 0.298. The van der Waals surface area contributed by atoms with Gasteiger partial charge in [0.25, 0.3) is 0 Å². The third-order valence-corrected chi connectivity index (χ3v) is 11.9. The van der Waals surface area contributed by atoms with Crippen LogP contribution >= 0.6 is 23.5 Å². The topological polar surface area (TPSA) is 12.0 Å². The lowest BCUT2D eigenvalue weighted by molar-refractivity contribution is 0.766. The minimum atomic E-state index is -0.298. The summed E-state index contributed by atoms with van der Waals surface area (Å²) >= 11 is 4.04. The fourth-order valence-corrected chi connectivity index (χ4v) is 9.37. The fourth-order valence-electron chi connectivity index (χ4n) is 6.45. The molecule has 6 aromatic rings. The number of benzene rings is 6. The van der Waals surface area contributed by atoms with Crippen molar-refractivity contribution in [2.45, 2.75) is 23.3 Å². The van der Waals surface area contributed by atoms with Crippen LogP contribution < -0.4 is 5.32 Å². The highest BCUT2D eigenvalue weighted by molar-refractivity contribution is 8.00. The molecule has 0 saturated heterocycles. The molecule has 0 saturated carbocycles. The van der Waals surface area contributed by atoms with E-state index in [-0.39, 0.29) is 9.49 Å². The molecule has 0 heterocycles. The van der Waals surface area contributed by atoms with Gasteiger partial charge in [-0.2, -0.15) is 0 Å². The molecule has 0 unspecified atom stereocenters. The lowest BCUT2D eigenvalue weighted by Gasteiger charge is -2.36. The number of hydrogen-bond donors (Lipinski definition) is 1. The fraction of sp³-hybridized carbons (Fsp3) is 0.182. The maximum atomic E-state index is 3.82. The van der Waals surface area contributed by atoms with E-state index in [0.29, 0.717) is 0 Å². The van der Waals surface area contributed by atoms with Crippen molar-refractivity contribution in [2.75, 3.05) is 24.6 Å². The van der Waals surface area contributed by atoms with Crippen LogP contribution in [0.2, 0.25) is 0 Å². The van der Waals surface area contributed by atoms with E-state index >= 15 is 0 Å². The average molecular weight is 650 g/mol. The highest BCUT2D eigenvalue weighted by Gasteiger charge is 2.38. The molecule has 1 N–H and O–H groups in total. The van der Waals surface area contributed by atoms with E-state index in [1.807, 2.05) is 23.5 Å². The largest absolute Gasteiger partial charge is 0.315 e. The number of thioether (sulfide) groups is 2. The minimum Gasteiger partial charge on any atom is -0.315 e. The van der Waals surface area contributed by atoms with E-state index < -0.39 is 0 Å². The third kappa shape index (κ3) is 7.28. The molecular formula is C44H43NS2. The Balaban J connectivity index is 1.21. The molecule has 6 aromatic carbocycles. The quantitative estimate of drug-likeness (QED) is 0.0932. The van der Waals surface area contributed by atoms with Crippen LogP contribution in [0.5, 0.6) is 0 Å². The van der Waals surface area contributed by atoms with Crippen molar-refractivity contribution in [3.8, 4) is 0 Å². The van der Waals surface area contributed by atoms with Crippen molar-refractivity contribution < 1.29 is 0 Å². The molecule has 0 aliphatic rings. The van der Waals surface area contributed by atoms with Crippen LogP contribution in [0.15, 0.2) is 170 Å². The molecule has 0 fully saturated rings. The zero-order valence-electron chi connectivity index (χ0n) is 27.3. The Morgan fingerprint density at radius 1 is 0.362 bits per heavy atom. The maximum absolute atomic E-state index is 3.82. The third-order valence-electron chi connectivity index (χ3n) is 8.83. The van der Waals surface area contributed by atoms with Crippen LogP contribution in [0.4, 0.5) is 0 Å². The number of nitrogens with one attached hydrogen (secondary N) is 1. The highest BCUT2D eigenvalue weighted by Crippen LogP contribution is 2.49. The normalized spacial score (nSPS) is 11.8. The lowest BCUT2D eigenvalue weighted by atomic mass is 9.84. The molecule has 6 rings (SSSR count). The molecule has 0 aromatic heterocycles. The van der Waals surface area contributed by atoms with Crippen molar-refractivity contribution >= 4 is 23.5 Å². The van der Waals surface area contributed by atoms with Gasteiger partial charge in [0.2, 0.25) is 0 Å². The molecule has 47 heavy (non-hydrogen) atoms. The average Bonchev–Trinajstić information content (AvgIpc) is 3.14. The zero-order valence-corrected chi connectivity index (χ0v) is 28.9. The van der Waals surface area contributed by atoms with Crippen LogP contribution in [0.1, 0.15) is 44.5 Å². The van der Waals surface area contributed by atoms with E-state index in [0.717, 1.165) is 24.6 Å². The smallest absolute Gasteiger partial charge is 0.0907 e. The Morgan fingerprint density at radius 2 is 0.617 bits per heavy atom. The summed E-state index contributed by atoms with van der Waals surface area (Å²) in [4.78, 5) is 0. The lowest BCUT2D eigenvalue weighted by Crippen LogP contribution is -2.30. The first-order valence-electron chi connectivity index (χ1n) is 16.5. The van der Waals surface area contributed by atoms with Crippen LogP contribution in [-0.4, -0.2) is 24.6 Å². The highest BCUT2D eigenvalue weighted by atomic mass is 32.2. The van der Waals surface area contributed by atoms with E-state index in [1.165, 1.54) is 44.5 Å². The number of hydrogen-bond acceptors (Lipinski definition) is 3. The first-order chi connectivity index (χ1) is 23.1. The molecule has 0 atom stereocenters. The van der Waals surface area contributed by atoms with Gasteiger partial charge >= 0.3 is 0 Å². The molecule has 236 valence electrons. The Labute approximate surface area is 289 Å². The molecule has 0 spiro atoms. The maximum Gasteiger partial charge on any atom is 0.0907 e. The van der Waals surface area contributed by atoms with Gasteiger partial charge in [0.15, 0.2) is 0 Å². The van der Waals surface area contributed by atoms with Gasteiger partial charge < -0.3 is 5.32 Å². The Bertz CT molecular complexity index is 1570. The summed E-state index contributed by atoms with van der Waals surface area (Å²) in [5.74, 6) is 1.95. The standard InChI is InChI=1S/C44H43NS2/c1-35-23-27-41(28-24-35)43(37-15-7-3-8-16-37,38-17-9-4-10-18-38)46-33-31-45-32-34-47-44(39-19-11-5-12-20-39,40-21-13-6-14-22-40)42-29-25-36(2)26-30-42/h3-30,45H,31-34H2,1-2H3. The Morgan fingerprint density at radius 3 is 0.894 bits per heavy atom. The van der Waals surface area contributed by atoms with E-state index in [2.05, 4.69) is 189 Å². The summed E-state index contributed by atoms with van der Waals surface area (Å²) in [6.45, 7) is 6.17. The monoisotopic (exact) mass is 649 g/mol. The summed E-state index contributed by atoms with van der Waals surface area (Å²) in [5.41, 5.74) is 10.4. The van der Waals surface area contributed by atoms with Gasteiger partial charge in [-0.15, -0.1) is 23.5 Å². The molecule has 0 aliphatic carbocycles. The predicted octanol–water partition coefficient (Wildman–Crippen LogP) is 10.6. The van der Waals surface area contributed by atoms with Crippen molar-refractivity contribution in [3.05, 3.63) is 214 Å². The molecule has 1 nitrogen and oxygen atoms in total. The van der Waals surface area contributed by atoms with Crippen molar-refractivity contribution in [1.29, 1.82) is 0 Å². The van der Waals surface area contributed by atoms with Crippen molar-refractivity contribution in [2.24, 2.45) is 0 Å². The second-order valence-corrected chi connectivity index (χ2v) is 14.6. The molecule has 0 amide bonds. The van der Waals surface area contributed by atoms with Gasteiger partial charge in [-0.1, -0.05) is 181 Å². The predicted molar refractivity (Wildman–Crippen MR) is 206 cm³/mol. The van der Waals surface area contributed by atoms with Gasteiger partial charge in [0, 0.05) is 24.6 Å². The summed E-state index contributed by atoms with van der Waals surface area (Å²) in [6, 6.07) is 62.2. The number of rotatable bonds is 14. The van der Waals surface area contributed by atoms with Crippen molar-refractivity contribution in [3.63, 3.8) is 0 Å². The van der Waals surface area contributed by atoms with Gasteiger partial charge in [0.1, 0.15) is 0 Å². The second kappa shape index (κ2) is 15.7. The zero-order chi connectivity index (χ0) is 32.4. The first-order valence-corrected chi connectivity index (χ1v) is 18.4. The Kier molecular flexibility index (Phi) is 11.0. The van der Waals surface area contributed by atoms with Crippen LogP contribution in [-0.2, 0) is 9.49 Å². The van der Waals surface area contributed by atoms with Crippen LogP contribution in [0.3, 0.4) is 0 Å². The van der Waals surface area contributed by atoms with E-state index in [4.69, 9.17) is 0 Å². The summed E-state index contributed by atoms with van der Waals surface area (Å²) in [5, 5.41) is 3.82. The SMILES string of the molecule is Cc1ccc(C(SCCNCCSC(c2ccccc2)(c2ccccc2)c2ccc(C)cc2)(c2ccccc2)c2ccccc2)cc1. The Hall–Kier alpha value is -4.02. The summed E-state index contributed by atoms with van der Waals surface area (Å²) in [6.07, 6.45) is 0. The molecule has 3 heteroatoms. The van der Waals surface area contributed by atoms with Gasteiger partial charge in [0.05, 0.1) is 9.49 Å². The van der Waals surface area contributed by atoms with Gasteiger partial charge in [-0.25, -0.2) is 0 Å². The summed E-state index contributed by atoms with van der Waals surface area (Å²) in [7, 11) is 0. The number of aryl methyl sites for hydroxylation is 2. The van der Waals surface area contributed by atoms with E-state index in [9.17, 15) is 0 Å². The molecular weight excluding hydrogens is 607 g/mol. The van der Waals surface area contributed by atoms with Crippen molar-refractivity contribution in [1.82, 2.24) is 5.32 Å². The molecule has 0 radical (unpaired) electrons. The first kappa shape index (κ1) is 32.9. The van der Waals surface area contributed by atoms with Crippen LogP contribution in [0.25, 0.3) is 0 Å². The van der Waals surface area contributed by atoms with E-state index in [1.54, 1.807) is 0 Å². The second-order valence-electron chi connectivity index (χ2n) is 12.0. The van der Waals surface area contributed by atoms with Gasteiger partial charge in [-0.3, -0.25) is 0 Å². The van der Waals surface area contributed by atoms with Gasteiger partial charge in [-0.05, 0) is 47.2 Å². The van der Waals surface area contributed by atoms with Crippen LogP contribution in [0, 0.1) is 13.8 Å². The molecule has 0 bridgehead atoms. The molecule has 0 aliphatic heterocycles. The summed E-state index contributed by atoms with van der Waals surface area (Å²) < 4.78 is -0.596.